The molecule has 10 nitrogen and oxygen atoms in total. The first-order valence-electron chi connectivity index (χ1n) is 9.74. The lowest BCUT2D eigenvalue weighted by molar-refractivity contribution is -0.277. The van der Waals surface area contributed by atoms with Gasteiger partial charge in [-0.15, -0.1) is 0 Å². The fraction of sp³-hybridized carbons (Fsp3) is 0.318. The number of methoxy groups -OCH3 is 1. The number of hydrogen-bond acceptors (Lipinski definition) is 10. The fourth-order valence-electron chi connectivity index (χ4n) is 3.54. The Bertz CT molecular complexity index is 1150. The van der Waals surface area contributed by atoms with Crippen LogP contribution in [0.15, 0.2) is 51.9 Å². The van der Waals surface area contributed by atoms with Gasteiger partial charge in [-0.05, 0) is 17.7 Å². The molecule has 4 rings (SSSR count). The van der Waals surface area contributed by atoms with Crippen molar-refractivity contribution < 1.29 is 44.2 Å². The molecule has 1 fully saturated rings. The van der Waals surface area contributed by atoms with Crippen molar-refractivity contribution in [3.05, 3.63) is 52.9 Å². The van der Waals surface area contributed by atoms with E-state index in [4.69, 9.17) is 18.6 Å². The first-order chi connectivity index (χ1) is 15.3. The Morgan fingerprint density at radius 2 is 1.72 bits per heavy atom. The van der Waals surface area contributed by atoms with Crippen LogP contribution >= 0.6 is 0 Å². The average molecular weight is 446 g/mol. The molecule has 5 atom stereocenters. The van der Waals surface area contributed by atoms with Crippen LogP contribution in [0.3, 0.4) is 0 Å². The van der Waals surface area contributed by atoms with Gasteiger partial charge in [0.1, 0.15) is 58.9 Å². The third-order valence-electron chi connectivity index (χ3n) is 5.33. The molecule has 10 heteroatoms. The van der Waals surface area contributed by atoms with Gasteiger partial charge in [0.2, 0.25) is 11.7 Å². The number of aromatic hydroxyl groups is 1. The molecule has 0 radical (unpaired) electrons. The topological polar surface area (TPSA) is 159 Å². The monoisotopic (exact) mass is 446 g/mol. The fourth-order valence-corrected chi connectivity index (χ4v) is 3.54. The van der Waals surface area contributed by atoms with Crippen molar-refractivity contribution in [1.29, 1.82) is 0 Å². The van der Waals surface area contributed by atoms with Crippen LogP contribution in [0.1, 0.15) is 0 Å². The number of ether oxygens (including phenoxy) is 3. The molecule has 1 saturated heterocycles. The van der Waals surface area contributed by atoms with Crippen LogP contribution in [0, 0.1) is 0 Å². The van der Waals surface area contributed by atoms with Crippen LogP contribution in [0.25, 0.3) is 22.1 Å². The van der Waals surface area contributed by atoms with Crippen LogP contribution in [0.2, 0.25) is 0 Å². The molecule has 1 aliphatic heterocycles. The molecule has 2 heterocycles. The maximum atomic E-state index is 12.9. The second-order valence-electron chi connectivity index (χ2n) is 7.34. The zero-order chi connectivity index (χ0) is 23.0. The minimum atomic E-state index is -1.56. The average Bonchev–Trinajstić information content (AvgIpc) is 2.80. The first kappa shape index (κ1) is 22.1. The molecular formula is C22H22O10. The number of aliphatic hydroxyl groups excluding tert-OH is 4. The lowest BCUT2D eigenvalue weighted by Crippen LogP contribution is -2.60. The van der Waals surface area contributed by atoms with E-state index < -0.39 is 42.7 Å². The van der Waals surface area contributed by atoms with Crippen LogP contribution in [-0.4, -0.2) is 70.0 Å². The number of fused-ring (bicyclic) bond motifs is 1. The number of rotatable bonds is 5. The predicted octanol–water partition coefficient (Wildman–Crippen LogP) is 0.353. The summed E-state index contributed by atoms with van der Waals surface area (Å²) in [5.74, 6) is 0.328. The maximum Gasteiger partial charge on any atom is 0.229 e. The Labute approximate surface area is 181 Å². The quantitative estimate of drug-likeness (QED) is 0.370. The van der Waals surface area contributed by atoms with E-state index >= 15 is 0 Å². The normalized spacial score (nSPS) is 25.6. The van der Waals surface area contributed by atoms with Crippen molar-refractivity contribution >= 4 is 11.0 Å². The molecule has 32 heavy (non-hydrogen) atoms. The van der Waals surface area contributed by atoms with Gasteiger partial charge in [0, 0.05) is 12.1 Å². The third-order valence-corrected chi connectivity index (χ3v) is 5.33. The summed E-state index contributed by atoms with van der Waals surface area (Å²) in [6, 6.07) is 8.97. The highest BCUT2D eigenvalue weighted by Crippen LogP contribution is 2.31. The highest BCUT2D eigenvalue weighted by molar-refractivity contribution is 5.88. The minimum absolute atomic E-state index is 0.0185. The first-order valence-corrected chi connectivity index (χ1v) is 9.74. The van der Waals surface area contributed by atoms with Crippen molar-refractivity contribution in [2.24, 2.45) is 0 Å². The van der Waals surface area contributed by atoms with E-state index in [0.717, 1.165) is 0 Å². The highest BCUT2D eigenvalue weighted by atomic mass is 16.7. The van der Waals surface area contributed by atoms with E-state index in [0.29, 0.717) is 11.3 Å². The third kappa shape index (κ3) is 3.90. The van der Waals surface area contributed by atoms with Crippen LogP contribution in [0.4, 0.5) is 0 Å². The van der Waals surface area contributed by atoms with Gasteiger partial charge in [0.05, 0.1) is 19.3 Å². The van der Waals surface area contributed by atoms with E-state index in [1.54, 1.807) is 12.1 Å². The van der Waals surface area contributed by atoms with Crippen molar-refractivity contribution in [3.8, 4) is 28.4 Å². The minimum Gasteiger partial charge on any atom is -0.507 e. The van der Waals surface area contributed by atoms with Crippen molar-refractivity contribution in [1.82, 2.24) is 0 Å². The van der Waals surface area contributed by atoms with Gasteiger partial charge in [-0.1, -0.05) is 12.1 Å². The molecule has 0 unspecified atom stereocenters. The van der Waals surface area contributed by atoms with Crippen molar-refractivity contribution in [2.45, 2.75) is 30.7 Å². The molecule has 0 saturated carbocycles. The standard InChI is InChI=1S/C22H22O10/c1-29-12-6-14(24)17-15(7-12)30-9-13(18(17)25)10-2-4-11(5-3-10)31-22-21(28)20(27)19(26)16(8-23)32-22/h2-7,9,16,19-24,26-28H,8H2,1H3/t16-,19+,20+,21+,22+/m0/s1. The molecule has 5 N–H and O–H groups in total. The summed E-state index contributed by atoms with van der Waals surface area (Å²) in [6.07, 6.45) is -5.73. The molecule has 0 spiro atoms. The molecule has 0 aliphatic carbocycles. The molecule has 2 aromatic carbocycles. The zero-order valence-corrected chi connectivity index (χ0v) is 16.9. The second-order valence-corrected chi connectivity index (χ2v) is 7.34. The van der Waals surface area contributed by atoms with Gasteiger partial charge >= 0.3 is 0 Å². The van der Waals surface area contributed by atoms with E-state index in [2.05, 4.69) is 0 Å². The van der Waals surface area contributed by atoms with Gasteiger partial charge in [-0.2, -0.15) is 0 Å². The predicted molar refractivity (Wildman–Crippen MR) is 111 cm³/mol. The van der Waals surface area contributed by atoms with Crippen molar-refractivity contribution in [2.75, 3.05) is 13.7 Å². The Morgan fingerprint density at radius 3 is 2.38 bits per heavy atom. The van der Waals surface area contributed by atoms with Gasteiger partial charge in [0.25, 0.3) is 0 Å². The number of phenolic OH excluding ortho intramolecular Hbond substituents is 1. The maximum absolute atomic E-state index is 12.9. The van der Waals surface area contributed by atoms with Gasteiger partial charge in [-0.25, -0.2) is 0 Å². The smallest absolute Gasteiger partial charge is 0.229 e. The number of hydrogen-bond donors (Lipinski definition) is 5. The molecule has 0 bridgehead atoms. The van der Waals surface area contributed by atoms with E-state index in [1.807, 2.05) is 0 Å². The summed E-state index contributed by atoms with van der Waals surface area (Å²) < 4.78 is 21.4. The Morgan fingerprint density at radius 1 is 1.00 bits per heavy atom. The van der Waals surface area contributed by atoms with Crippen LogP contribution in [0.5, 0.6) is 17.2 Å². The molecule has 1 aromatic heterocycles. The highest BCUT2D eigenvalue weighted by Gasteiger charge is 2.44. The summed E-state index contributed by atoms with van der Waals surface area (Å²) in [5.41, 5.74) is 0.432. The summed E-state index contributed by atoms with van der Waals surface area (Å²) in [7, 11) is 1.43. The van der Waals surface area contributed by atoms with E-state index in [1.165, 1.54) is 37.6 Å². The summed E-state index contributed by atoms with van der Waals surface area (Å²) in [6.45, 7) is -0.569. The van der Waals surface area contributed by atoms with Gasteiger partial charge < -0.3 is 44.2 Å². The van der Waals surface area contributed by atoms with Crippen molar-refractivity contribution in [3.63, 3.8) is 0 Å². The summed E-state index contributed by atoms with van der Waals surface area (Å²) >= 11 is 0. The number of benzene rings is 2. The molecular weight excluding hydrogens is 424 g/mol. The number of aliphatic hydroxyl groups is 4. The Balaban J connectivity index is 1.59. The second kappa shape index (κ2) is 8.77. The molecule has 170 valence electrons. The largest absolute Gasteiger partial charge is 0.507 e. The lowest BCUT2D eigenvalue weighted by atomic mass is 9.99. The summed E-state index contributed by atoms with van der Waals surface area (Å²) in [4.78, 5) is 12.9. The molecule has 3 aromatic rings. The van der Waals surface area contributed by atoms with E-state index in [-0.39, 0.29) is 28.0 Å². The molecule has 0 amide bonds. The SMILES string of the molecule is COc1cc(O)c2c(=O)c(-c3ccc(O[C@@H]4O[C@@H](CO)[C@@H](O)[C@@H](O)[C@H]4O)cc3)coc2c1. The van der Waals surface area contributed by atoms with Gasteiger partial charge in [-0.3, -0.25) is 4.79 Å². The summed E-state index contributed by atoms with van der Waals surface area (Å²) in [5, 5.41) is 49.3. The Kier molecular flexibility index (Phi) is 6.04. The Hall–Kier alpha value is -3.15. The number of phenols is 1. The van der Waals surface area contributed by atoms with E-state index in [9.17, 15) is 30.3 Å². The van der Waals surface area contributed by atoms with Gasteiger partial charge in [0.15, 0.2) is 0 Å². The van der Waals surface area contributed by atoms with Crippen LogP contribution < -0.4 is 14.9 Å². The lowest BCUT2D eigenvalue weighted by Gasteiger charge is -2.39. The molecule has 1 aliphatic rings. The zero-order valence-electron chi connectivity index (χ0n) is 16.9. The van der Waals surface area contributed by atoms with Crippen LogP contribution in [-0.2, 0) is 4.74 Å².